The van der Waals surface area contributed by atoms with Gasteiger partial charge in [0.2, 0.25) is 0 Å². The highest BCUT2D eigenvalue weighted by atomic mass is 35.5. The number of rotatable bonds is 7. The van der Waals surface area contributed by atoms with Crippen LogP contribution >= 0.6 is 19.5 Å². The molecule has 0 saturated heterocycles. The standard InChI is InChI=1S/C33H50ClP/c1-23(2)26-20-21-29(30(22-26)24(3)4)31-18-13-19-32(34)33(31,25(5)6)35(27-14-9-7-10-15-27)28-16-11-8-12-17-28/h13,18-25,27-28,32H,7-12,14-17H2,1-6H3. The summed E-state index contributed by atoms with van der Waals surface area (Å²) in [5.41, 5.74) is 7.80. The van der Waals surface area contributed by atoms with Gasteiger partial charge in [-0.05, 0) is 77.0 Å². The van der Waals surface area contributed by atoms with E-state index in [9.17, 15) is 0 Å². The minimum absolute atomic E-state index is 0.0542. The Morgan fingerprint density at radius 1 is 0.800 bits per heavy atom. The van der Waals surface area contributed by atoms with E-state index in [4.69, 9.17) is 11.6 Å². The lowest BCUT2D eigenvalue weighted by Gasteiger charge is -2.56. The van der Waals surface area contributed by atoms with E-state index >= 15 is 0 Å². The Hall–Kier alpha value is -0.580. The molecule has 0 spiro atoms. The van der Waals surface area contributed by atoms with Crippen LogP contribution in [0.25, 0.3) is 5.57 Å². The van der Waals surface area contributed by atoms with Gasteiger partial charge in [-0.3, -0.25) is 0 Å². The second kappa shape index (κ2) is 11.9. The van der Waals surface area contributed by atoms with Gasteiger partial charge >= 0.3 is 0 Å². The summed E-state index contributed by atoms with van der Waals surface area (Å²) in [5.74, 6) is 1.59. The van der Waals surface area contributed by atoms with E-state index in [1.807, 2.05) is 0 Å². The molecule has 3 aliphatic rings. The van der Waals surface area contributed by atoms with E-state index in [0.29, 0.717) is 17.8 Å². The molecule has 0 nitrogen and oxygen atoms in total. The van der Waals surface area contributed by atoms with Crippen molar-refractivity contribution in [2.24, 2.45) is 5.92 Å². The molecular weight excluding hydrogens is 463 g/mol. The average molecular weight is 513 g/mol. The summed E-state index contributed by atoms with van der Waals surface area (Å²) in [6, 6.07) is 7.40. The van der Waals surface area contributed by atoms with Crippen LogP contribution in [0, 0.1) is 5.92 Å². The molecule has 0 N–H and O–H groups in total. The fraction of sp³-hybridized carbons (Fsp3) is 0.697. The normalized spacial score (nSPS) is 26.8. The van der Waals surface area contributed by atoms with Crippen molar-refractivity contribution < 1.29 is 0 Å². The lowest BCUT2D eigenvalue weighted by molar-refractivity contribution is 0.452. The summed E-state index contributed by atoms with van der Waals surface area (Å²) < 4.78 is 0. The molecule has 2 fully saturated rings. The predicted molar refractivity (Wildman–Crippen MR) is 160 cm³/mol. The Morgan fingerprint density at radius 3 is 1.86 bits per heavy atom. The Labute approximate surface area is 223 Å². The molecule has 4 rings (SSSR count). The van der Waals surface area contributed by atoms with Gasteiger partial charge in [-0.15, -0.1) is 11.6 Å². The van der Waals surface area contributed by atoms with Gasteiger partial charge in [-0.25, -0.2) is 0 Å². The van der Waals surface area contributed by atoms with Crippen molar-refractivity contribution in [3.63, 3.8) is 0 Å². The molecule has 0 heterocycles. The Kier molecular flexibility index (Phi) is 9.30. The maximum atomic E-state index is 7.61. The molecule has 3 aliphatic carbocycles. The first kappa shape index (κ1) is 27.5. The molecule has 0 bridgehead atoms. The maximum absolute atomic E-state index is 7.61. The number of halogens is 1. The van der Waals surface area contributed by atoms with Crippen LogP contribution < -0.4 is 0 Å². The van der Waals surface area contributed by atoms with E-state index in [1.165, 1.54) is 80.9 Å². The monoisotopic (exact) mass is 512 g/mol. The van der Waals surface area contributed by atoms with Crippen LogP contribution in [0.1, 0.15) is 134 Å². The summed E-state index contributed by atoms with van der Waals surface area (Å²) >= 11 is 7.61. The summed E-state index contributed by atoms with van der Waals surface area (Å²) in [6.45, 7) is 14.4. The minimum Gasteiger partial charge on any atom is -0.117 e. The van der Waals surface area contributed by atoms with Crippen LogP contribution in [0.3, 0.4) is 0 Å². The van der Waals surface area contributed by atoms with Crippen molar-refractivity contribution >= 4 is 25.1 Å². The summed E-state index contributed by atoms with van der Waals surface area (Å²) in [6.07, 6.45) is 21.4. The highest BCUT2D eigenvalue weighted by Gasteiger charge is 2.55. The van der Waals surface area contributed by atoms with Crippen molar-refractivity contribution in [2.75, 3.05) is 0 Å². The summed E-state index contributed by atoms with van der Waals surface area (Å²) in [4.78, 5) is 0. The smallest absolute Gasteiger partial charge is 0.0657 e. The second-order valence-electron chi connectivity index (χ2n) is 12.5. The van der Waals surface area contributed by atoms with E-state index in [0.717, 1.165) is 11.3 Å². The zero-order chi connectivity index (χ0) is 25.2. The van der Waals surface area contributed by atoms with Crippen LogP contribution in [0.15, 0.2) is 36.4 Å². The van der Waals surface area contributed by atoms with E-state index in [2.05, 4.69) is 78.0 Å². The number of hydrogen-bond acceptors (Lipinski definition) is 0. The van der Waals surface area contributed by atoms with Gasteiger partial charge in [0, 0.05) is 5.16 Å². The molecule has 0 aromatic heterocycles. The van der Waals surface area contributed by atoms with Crippen molar-refractivity contribution in [1.82, 2.24) is 0 Å². The molecule has 0 radical (unpaired) electrons. The molecule has 1 aromatic rings. The topological polar surface area (TPSA) is 0 Å². The third-order valence-corrected chi connectivity index (χ3v) is 14.4. The average Bonchev–Trinajstić information content (AvgIpc) is 2.86. The molecule has 0 amide bonds. The van der Waals surface area contributed by atoms with Gasteiger partial charge < -0.3 is 0 Å². The Morgan fingerprint density at radius 2 is 1.37 bits per heavy atom. The van der Waals surface area contributed by atoms with E-state index in [1.54, 1.807) is 5.57 Å². The van der Waals surface area contributed by atoms with Crippen LogP contribution in [0.4, 0.5) is 0 Å². The fourth-order valence-corrected chi connectivity index (χ4v) is 13.4. The molecule has 1 aromatic carbocycles. The first-order valence-corrected chi connectivity index (χ1v) is 16.7. The van der Waals surface area contributed by atoms with E-state index < -0.39 is 0 Å². The first-order chi connectivity index (χ1) is 16.8. The third-order valence-electron chi connectivity index (χ3n) is 9.29. The van der Waals surface area contributed by atoms with Crippen molar-refractivity contribution in [3.8, 4) is 0 Å². The van der Waals surface area contributed by atoms with Gasteiger partial charge in [0.1, 0.15) is 0 Å². The molecular formula is C33H50ClP. The number of alkyl halides is 1. The fourth-order valence-electron chi connectivity index (χ4n) is 7.48. The van der Waals surface area contributed by atoms with Gasteiger partial charge in [0.15, 0.2) is 0 Å². The molecule has 0 aliphatic heterocycles. The highest BCUT2D eigenvalue weighted by Crippen LogP contribution is 2.72. The number of benzene rings is 1. The van der Waals surface area contributed by atoms with Crippen LogP contribution in [-0.4, -0.2) is 21.9 Å². The zero-order valence-corrected chi connectivity index (χ0v) is 25.0. The molecule has 194 valence electrons. The predicted octanol–water partition coefficient (Wildman–Crippen LogP) is 11.0. The maximum Gasteiger partial charge on any atom is 0.0657 e. The van der Waals surface area contributed by atoms with Crippen molar-refractivity contribution in [3.05, 3.63) is 53.1 Å². The summed E-state index contributed by atoms with van der Waals surface area (Å²) in [5, 5.41) is 0.140. The minimum atomic E-state index is -0.244. The van der Waals surface area contributed by atoms with Crippen molar-refractivity contribution in [2.45, 2.75) is 139 Å². The van der Waals surface area contributed by atoms with Crippen LogP contribution in [0.2, 0.25) is 0 Å². The first-order valence-electron chi connectivity index (χ1n) is 14.7. The lowest BCUT2D eigenvalue weighted by Crippen LogP contribution is -2.49. The van der Waals surface area contributed by atoms with Gasteiger partial charge in [-0.2, -0.15) is 0 Å². The molecule has 2 atom stereocenters. The molecule has 2 unspecified atom stereocenters. The van der Waals surface area contributed by atoms with E-state index in [-0.39, 0.29) is 18.5 Å². The SMILES string of the molecule is CC(C)c1ccc(C2=CC=CC(Cl)C2(C(C)C)P(C2CCCCC2)C2CCCCC2)c(C(C)C)c1. The Balaban J connectivity index is 1.92. The highest BCUT2D eigenvalue weighted by molar-refractivity contribution is 7.61. The zero-order valence-electron chi connectivity index (χ0n) is 23.3. The quantitative estimate of drug-likeness (QED) is 0.251. The molecule has 2 heteroatoms. The van der Waals surface area contributed by atoms with Gasteiger partial charge in [-0.1, -0.05) is 124 Å². The number of hydrogen-bond donors (Lipinski definition) is 0. The molecule has 35 heavy (non-hydrogen) atoms. The number of allylic oxidation sites excluding steroid dienone is 4. The van der Waals surface area contributed by atoms with Gasteiger partial charge in [0.05, 0.1) is 5.38 Å². The van der Waals surface area contributed by atoms with Crippen LogP contribution in [-0.2, 0) is 0 Å². The lowest BCUT2D eigenvalue weighted by atomic mass is 9.75. The summed E-state index contributed by atoms with van der Waals surface area (Å²) in [7, 11) is -0.244. The van der Waals surface area contributed by atoms with Crippen molar-refractivity contribution in [1.29, 1.82) is 0 Å². The van der Waals surface area contributed by atoms with Crippen LogP contribution in [0.5, 0.6) is 0 Å². The second-order valence-corrected chi connectivity index (χ2v) is 16.0. The third kappa shape index (κ3) is 5.36. The van der Waals surface area contributed by atoms with Gasteiger partial charge in [0.25, 0.3) is 0 Å². The Bertz CT molecular complexity index is 880. The largest absolute Gasteiger partial charge is 0.117 e. The molecule has 2 saturated carbocycles.